The SMILES string of the molecule is CC(OCC1CC1)C(=O)Nc1ccc(-c2nccs2)cc1. The Morgan fingerprint density at radius 3 is 2.81 bits per heavy atom. The highest BCUT2D eigenvalue weighted by Gasteiger charge is 2.24. The van der Waals surface area contributed by atoms with Gasteiger partial charge in [-0.2, -0.15) is 0 Å². The number of aromatic nitrogens is 1. The molecule has 0 saturated heterocycles. The van der Waals surface area contributed by atoms with E-state index in [2.05, 4.69) is 10.3 Å². The van der Waals surface area contributed by atoms with Crippen molar-refractivity contribution < 1.29 is 9.53 Å². The first kappa shape index (κ1) is 14.2. The minimum atomic E-state index is -0.413. The molecule has 0 aliphatic heterocycles. The summed E-state index contributed by atoms with van der Waals surface area (Å²) in [6, 6.07) is 7.71. The highest BCUT2D eigenvalue weighted by molar-refractivity contribution is 7.13. The molecule has 1 saturated carbocycles. The molecular formula is C16H18N2O2S. The molecule has 0 bridgehead atoms. The van der Waals surface area contributed by atoms with Gasteiger partial charge in [-0.25, -0.2) is 4.98 Å². The van der Waals surface area contributed by atoms with Crippen molar-refractivity contribution in [2.75, 3.05) is 11.9 Å². The molecule has 0 radical (unpaired) electrons. The first-order valence-electron chi connectivity index (χ1n) is 7.15. The van der Waals surface area contributed by atoms with E-state index in [0.29, 0.717) is 12.5 Å². The van der Waals surface area contributed by atoms with Crippen molar-refractivity contribution in [2.24, 2.45) is 5.92 Å². The number of anilines is 1. The molecule has 1 aromatic heterocycles. The summed E-state index contributed by atoms with van der Waals surface area (Å²) >= 11 is 1.60. The summed E-state index contributed by atoms with van der Waals surface area (Å²) in [5, 5.41) is 5.81. The van der Waals surface area contributed by atoms with E-state index < -0.39 is 6.10 Å². The number of thiazole rings is 1. The molecule has 1 fully saturated rings. The number of nitrogens with zero attached hydrogens (tertiary/aromatic N) is 1. The lowest BCUT2D eigenvalue weighted by Gasteiger charge is -2.13. The van der Waals surface area contributed by atoms with E-state index in [1.54, 1.807) is 24.5 Å². The number of carbonyl (C=O) groups excluding carboxylic acids is 1. The molecule has 5 heteroatoms. The van der Waals surface area contributed by atoms with Gasteiger partial charge < -0.3 is 10.1 Å². The van der Waals surface area contributed by atoms with Crippen LogP contribution in [0.2, 0.25) is 0 Å². The minimum Gasteiger partial charge on any atom is -0.368 e. The molecule has 4 nitrogen and oxygen atoms in total. The lowest BCUT2D eigenvalue weighted by atomic mass is 10.2. The highest BCUT2D eigenvalue weighted by atomic mass is 32.1. The molecule has 110 valence electrons. The van der Waals surface area contributed by atoms with Crippen LogP contribution < -0.4 is 5.32 Å². The van der Waals surface area contributed by atoms with Gasteiger partial charge in [0.15, 0.2) is 0 Å². The third-order valence-electron chi connectivity index (χ3n) is 3.48. The smallest absolute Gasteiger partial charge is 0.253 e. The summed E-state index contributed by atoms with van der Waals surface area (Å²) in [5.41, 5.74) is 1.84. The quantitative estimate of drug-likeness (QED) is 0.887. The number of amides is 1. The fourth-order valence-corrected chi connectivity index (χ4v) is 2.59. The molecule has 1 N–H and O–H groups in total. The maximum absolute atomic E-state index is 12.0. The topological polar surface area (TPSA) is 51.2 Å². The van der Waals surface area contributed by atoms with Crippen LogP contribution in [0.4, 0.5) is 5.69 Å². The summed E-state index contributed by atoms with van der Waals surface area (Å²) in [7, 11) is 0. The second kappa shape index (κ2) is 6.37. The van der Waals surface area contributed by atoms with Crippen molar-refractivity contribution in [2.45, 2.75) is 25.9 Å². The van der Waals surface area contributed by atoms with Crippen LogP contribution in [0, 0.1) is 5.92 Å². The summed E-state index contributed by atoms with van der Waals surface area (Å²) in [6.07, 6.45) is 3.83. The van der Waals surface area contributed by atoms with Crippen LogP contribution in [-0.2, 0) is 9.53 Å². The molecule has 1 amide bonds. The number of ether oxygens (including phenoxy) is 1. The van der Waals surface area contributed by atoms with Gasteiger partial charge in [-0.05, 0) is 49.9 Å². The number of hydrogen-bond acceptors (Lipinski definition) is 4. The first-order chi connectivity index (χ1) is 10.2. The van der Waals surface area contributed by atoms with Crippen molar-refractivity contribution in [3.05, 3.63) is 35.8 Å². The van der Waals surface area contributed by atoms with E-state index in [1.807, 2.05) is 29.6 Å². The van der Waals surface area contributed by atoms with Crippen molar-refractivity contribution in [3.63, 3.8) is 0 Å². The zero-order valence-electron chi connectivity index (χ0n) is 11.9. The second-order valence-corrected chi connectivity index (χ2v) is 6.22. The van der Waals surface area contributed by atoms with Crippen LogP contribution in [0.5, 0.6) is 0 Å². The molecule has 1 aliphatic carbocycles. The third-order valence-corrected chi connectivity index (χ3v) is 4.30. The van der Waals surface area contributed by atoms with Gasteiger partial charge in [0, 0.05) is 22.8 Å². The third kappa shape index (κ3) is 3.89. The number of nitrogens with one attached hydrogen (secondary N) is 1. The monoisotopic (exact) mass is 302 g/mol. The van der Waals surface area contributed by atoms with Crippen LogP contribution in [0.1, 0.15) is 19.8 Å². The predicted octanol–water partition coefficient (Wildman–Crippen LogP) is 3.56. The maximum atomic E-state index is 12.0. The van der Waals surface area contributed by atoms with E-state index in [9.17, 15) is 4.79 Å². The zero-order valence-corrected chi connectivity index (χ0v) is 12.7. The number of carbonyl (C=O) groups is 1. The fourth-order valence-electron chi connectivity index (χ4n) is 1.95. The average Bonchev–Trinajstić information content (AvgIpc) is 3.17. The predicted molar refractivity (Wildman–Crippen MR) is 84.3 cm³/mol. The summed E-state index contributed by atoms with van der Waals surface area (Å²) in [6.45, 7) is 2.49. The molecule has 0 spiro atoms. The Balaban J connectivity index is 1.55. The molecule has 3 rings (SSSR count). The summed E-state index contributed by atoms with van der Waals surface area (Å²) < 4.78 is 5.56. The molecule has 1 heterocycles. The lowest BCUT2D eigenvalue weighted by molar-refractivity contribution is -0.126. The van der Waals surface area contributed by atoms with Gasteiger partial charge in [-0.1, -0.05) is 0 Å². The van der Waals surface area contributed by atoms with E-state index in [4.69, 9.17) is 4.74 Å². The Labute approximate surface area is 128 Å². The van der Waals surface area contributed by atoms with Gasteiger partial charge >= 0.3 is 0 Å². The van der Waals surface area contributed by atoms with E-state index >= 15 is 0 Å². The van der Waals surface area contributed by atoms with E-state index in [1.165, 1.54) is 12.8 Å². The van der Waals surface area contributed by atoms with Gasteiger partial charge in [-0.15, -0.1) is 11.3 Å². The van der Waals surface area contributed by atoms with Crippen LogP contribution in [0.25, 0.3) is 10.6 Å². The van der Waals surface area contributed by atoms with Crippen LogP contribution >= 0.6 is 11.3 Å². The van der Waals surface area contributed by atoms with Crippen LogP contribution in [0.15, 0.2) is 35.8 Å². The van der Waals surface area contributed by atoms with Crippen molar-refractivity contribution in [1.82, 2.24) is 4.98 Å². The van der Waals surface area contributed by atoms with Gasteiger partial charge in [-0.3, -0.25) is 4.79 Å². The van der Waals surface area contributed by atoms with Crippen LogP contribution in [-0.4, -0.2) is 23.6 Å². The van der Waals surface area contributed by atoms with Gasteiger partial charge in [0.1, 0.15) is 11.1 Å². The average molecular weight is 302 g/mol. The summed E-state index contributed by atoms with van der Waals surface area (Å²) in [5.74, 6) is 0.565. The van der Waals surface area contributed by atoms with Gasteiger partial charge in [0.05, 0.1) is 6.61 Å². The Morgan fingerprint density at radius 1 is 1.43 bits per heavy atom. The Bertz CT molecular complexity index is 591. The maximum Gasteiger partial charge on any atom is 0.253 e. The Kier molecular flexibility index (Phi) is 4.31. The molecule has 1 aliphatic rings. The fraction of sp³-hybridized carbons (Fsp3) is 0.375. The zero-order chi connectivity index (χ0) is 14.7. The van der Waals surface area contributed by atoms with Gasteiger partial charge in [0.2, 0.25) is 0 Å². The van der Waals surface area contributed by atoms with Crippen molar-refractivity contribution in [1.29, 1.82) is 0 Å². The van der Waals surface area contributed by atoms with E-state index in [0.717, 1.165) is 16.3 Å². The van der Waals surface area contributed by atoms with Gasteiger partial charge in [0.25, 0.3) is 5.91 Å². The van der Waals surface area contributed by atoms with Crippen molar-refractivity contribution >= 4 is 22.9 Å². The molecule has 1 atom stereocenters. The second-order valence-electron chi connectivity index (χ2n) is 5.32. The Hall–Kier alpha value is -1.72. The number of benzene rings is 1. The highest BCUT2D eigenvalue weighted by Crippen LogP contribution is 2.29. The molecule has 1 aromatic carbocycles. The molecule has 21 heavy (non-hydrogen) atoms. The normalized spacial score (nSPS) is 15.7. The number of hydrogen-bond donors (Lipinski definition) is 1. The molecule has 2 aromatic rings. The minimum absolute atomic E-state index is 0.0994. The van der Waals surface area contributed by atoms with Crippen LogP contribution in [0.3, 0.4) is 0 Å². The standard InChI is InChI=1S/C16H18N2O2S/c1-11(20-10-12-2-3-12)15(19)18-14-6-4-13(5-7-14)16-17-8-9-21-16/h4-9,11-12H,2-3,10H2,1H3,(H,18,19). The van der Waals surface area contributed by atoms with E-state index in [-0.39, 0.29) is 5.91 Å². The lowest BCUT2D eigenvalue weighted by Crippen LogP contribution is -2.28. The molecule has 1 unspecified atom stereocenters. The summed E-state index contributed by atoms with van der Waals surface area (Å²) in [4.78, 5) is 16.3. The number of rotatable bonds is 6. The van der Waals surface area contributed by atoms with Crippen molar-refractivity contribution in [3.8, 4) is 10.6 Å². The largest absolute Gasteiger partial charge is 0.368 e. The molecular weight excluding hydrogens is 284 g/mol. The Morgan fingerprint density at radius 2 is 2.19 bits per heavy atom. The first-order valence-corrected chi connectivity index (χ1v) is 8.03.